The van der Waals surface area contributed by atoms with Gasteiger partial charge in [-0.05, 0) is 36.4 Å². The molecule has 2 rings (SSSR count). The Kier molecular flexibility index (Phi) is 5.60. The summed E-state index contributed by atoms with van der Waals surface area (Å²) in [4.78, 5) is 11.9. The molecule has 20 heavy (non-hydrogen) atoms. The second kappa shape index (κ2) is 7.44. The van der Waals surface area contributed by atoms with E-state index in [0.717, 1.165) is 13.0 Å². The highest BCUT2D eigenvalue weighted by molar-refractivity contribution is 5.76. The Morgan fingerprint density at radius 3 is 2.65 bits per heavy atom. The van der Waals surface area contributed by atoms with E-state index in [2.05, 4.69) is 48.7 Å². The van der Waals surface area contributed by atoms with Gasteiger partial charge in [0, 0.05) is 19.0 Å². The molecule has 1 atom stereocenters. The zero-order valence-corrected chi connectivity index (χ0v) is 12.6. The van der Waals surface area contributed by atoms with Crippen molar-refractivity contribution in [2.24, 2.45) is 0 Å². The van der Waals surface area contributed by atoms with Crippen LogP contribution in [-0.4, -0.2) is 18.5 Å². The number of carbonyl (C=O) groups excluding carboxylic acids is 1. The maximum atomic E-state index is 11.9. The second-order valence-corrected chi connectivity index (χ2v) is 6.02. The summed E-state index contributed by atoms with van der Waals surface area (Å²) >= 11 is 0. The summed E-state index contributed by atoms with van der Waals surface area (Å²) in [5, 5.41) is 6.42. The first-order chi connectivity index (χ1) is 9.65. The smallest absolute Gasteiger partial charge is 0.221 e. The number of nitrogens with one attached hydrogen (secondary N) is 2. The SMILES string of the molecule is CC(C)c1ccc(CNC(=O)CC2CCCCN2)cc1. The maximum absolute atomic E-state index is 11.9. The van der Waals surface area contributed by atoms with Crippen LogP contribution in [0.2, 0.25) is 0 Å². The van der Waals surface area contributed by atoms with E-state index < -0.39 is 0 Å². The van der Waals surface area contributed by atoms with Crippen LogP contribution < -0.4 is 10.6 Å². The van der Waals surface area contributed by atoms with Crippen LogP contribution in [0.25, 0.3) is 0 Å². The Balaban J connectivity index is 1.74. The van der Waals surface area contributed by atoms with Gasteiger partial charge in [-0.15, -0.1) is 0 Å². The highest BCUT2D eigenvalue weighted by Gasteiger charge is 2.15. The minimum Gasteiger partial charge on any atom is -0.352 e. The van der Waals surface area contributed by atoms with Crippen LogP contribution >= 0.6 is 0 Å². The van der Waals surface area contributed by atoms with Crippen molar-refractivity contribution in [3.05, 3.63) is 35.4 Å². The molecule has 1 aliphatic heterocycles. The van der Waals surface area contributed by atoms with Gasteiger partial charge < -0.3 is 10.6 Å². The second-order valence-electron chi connectivity index (χ2n) is 6.02. The van der Waals surface area contributed by atoms with E-state index >= 15 is 0 Å². The summed E-state index contributed by atoms with van der Waals surface area (Å²) in [6, 6.07) is 8.87. The lowest BCUT2D eigenvalue weighted by atomic mass is 10.0. The van der Waals surface area contributed by atoms with Gasteiger partial charge in [-0.2, -0.15) is 0 Å². The van der Waals surface area contributed by atoms with E-state index in [9.17, 15) is 4.79 Å². The fraction of sp³-hybridized carbons (Fsp3) is 0.588. The van der Waals surface area contributed by atoms with Crippen molar-refractivity contribution in [1.82, 2.24) is 10.6 Å². The zero-order valence-electron chi connectivity index (χ0n) is 12.6. The molecule has 1 unspecified atom stereocenters. The summed E-state index contributed by atoms with van der Waals surface area (Å²) in [5.74, 6) is 0.702. The Morgan fingerprint density at radius 1 is 1.30 bits per heavy atom. The van der Waals surface area contributed by atoms with E-state index in [0.29, 0.717) is 24.9 Å². The molecule has 110 valence electrons. The third-order valence-electron chi connectivity index (χ3n) is 3.98. The third-order valence-corrected chi connectivity index (χ3v) is 3.98. The van der Waals surface area contributed by atoms with E-state index in [1.165, 1.54) is 24.0 Å². The number of piperidine rings is 1. The van der Waals surface area contributed by atoms with Gasteiger partial charge in [0.25, 0.3) is 0 Å². The molecular weight excluding hydrogens is 248 g/mol. The van der Waals surface area contributed by atoms with Gasteiger partial charge in [0.05, 0.1) is 0 Å². The Morgan fingerprint density at radius 2 is 2.05 bits per heavy atom. The largest absolute Gasteiger partial charge is 0.352 e. The van der Waals surface area contributed by atoms with Gasteiger partial charge in [0.2, 0.25) is 5.91 Å². The first kappa shape index (κ1) is 15.0. The molecule has 0 aliphatic carbocycles. The Labute approximate surface area is 122 Å². The molecule has 1 saturated heterocycles. The highest BCUT2D eigenvalue weighted by Crippen LogP contribution is 2.14. The number of amides is 1. The summed E-state index contributed by atoms with van der Waals surface area (Å²) in [6.45, 7) is 6.06. The standard InChI is InChI=1S/C17H26N2O/c1-13(2)15-8-6-14(7-9-15)12-19-17(20)11-16-5-3-4-10-18-16/h6-9,13,16,18H,3-5,10-12H2,1-2H3,(H,19,20). The molecular formula is C17H26N2O. The van der Waals surface area contributed by atoms with E-state index in [4.69, 9.17) is 0 Å². The fourth-order valence-electron chi connectivity index (χ4n) is 2.62. The van der Waals surface area contributed by atoms with Crippen molar-refractivity contribution in [1.29, 1.82) is 0 Å². The Hall–Kier alpha value is -1.35. The summed E-state index contributed by atoms with van der Waals surface area (Å²) in [5.41, 5.74) is 2.51. The predicted octanol–water partition coefficient (Wildman–Crippen LogP) is 2.96. The lowest BCUT2D eigenvalue weighted by Crippen LogP contribution is -2.38. The first-order valence-corrected chi connectivity index (χ1v) is 7.74. The minimum absolute atomic E-state index is 0.150. The molecule has 0 radical (unpaired) electrons. The van der Waals surface area contributed by atoms with Crippen molar-refractivity contribution in [3.8, 4) is 0 Å². The van der Waals surface area contributed by atoms with Gasteiger partial charge in [-0.3, -0.25) is 4.79 Å². The number of rotatable bonds is 5. The van der Waals surface area contributed by atoms with Crippen molar-refractivity contribution >= 4 is 5.91 Å². The monoisotopic (exact) mass is 274 g/mol. The van der Waals surface area contributed by atoms with Crippen molar-refractivity contribution in [2.45, 2.75) is 58.0 Å². The van der Waals surface area contributed by atoms with E-state index in [1.807, 2.05) is 0 Å². The molecule has 0 spiro atoms. The summed E-state index contributed by atoms with van der Waals surface area (Å²) in [7, 11) is 0. The number of hydrogen-bond acceptors (Lipinski definition) is 2. The van der Waals surface area contributed by atoms with Crippen LogP contribution in [0, 0.1) is 0 Å². The molecule has 1 aromatic rings. The maximum Gasteiger partial charge on any atom is 0.221 e. The average Bonchev–Trinajstić information content (AvgIpc) is 2.46. The van der Waals surface area contributed by atoms with Crippen LogP contribution in [-0.2, 0) is 11.3 Å². The van der Waals surface area contributed by atoms with Gasteiger partial charge in [-0.1, -0.05) is 44.5 Å². The zero-order chi connectivity index (χ0) is 14.4. The van der Waals surface area contributed by atoms with Crippen LogP contribution in [0.15, 0.2) is 24.3 Å². The predicted molar refractivity (Wildman–Crippen MR) is 82.6 cm³/mol. The van der Waals surface area contributed by atoms with Gasteiger partial charge in [0.15, 0.2) is 0 Å². The van der Waals surface area contributed by atoms with Gasteiger partial charge in [-0.25, -0.2) is 0 Å². The molecule has 1 aromatic carbocycles. The molecule has 3 nitrogen and oxygen atoms in total. The molecule has 2 N–H and O–H groups in total. The Bertz CT molecular complexity index is 419. The molecule has 1 aliphatic rings. The normalized spacial score (nSPS) is 19.1. The molecule has 0 aromatic heterocycles. The molecule has 1 amide bonds. The van der Waals surface area contributed by atoms with Crippen LogP contribution in [0.5, 0.6) is 0 Å². The highest BCUT2D eigenvalue weighted by atomic mass is 16.1. The molecule has 0 saturated carbocycles. The summed E-state index contributed by atoms with van der Waals surface area (Å²) < 4.78 is 0. The molecule has 1 heterocycles. The lowest BCUT2D eigenvalue weighted by molar-refractivity contribution is -0.121. The molecule has 1 fully saturated rings. The molecule has 3 heteroatoms. The molecule has 0 bridgehead atoms. The van der Waals surface area contributed by atoms with Crippen LogP contribution in [0.3, 0.4) is 0 Å². The van der Waals surface area contributed by atoms with Crippen LogP contribution in [0.4, 0.5) is 0 Å². The third kappa shape index (κ3) is 4.64. The fourth-order valence-corrected chi connectivity index (χ4v) is 2.62. The number of carbonyl (C=O) groups is 1. The van der Waals surface area contributed by atoms with Crippen molar-refractivity contribution in [2.75, 3.05) is 6.54 Å². The minimum atomic E-state index is 0.150. The van der Waals surface area contributed by atoms with Crippen molar-refractivity contribution in [3.63, 3.8) is 0 Å². The average molecular weight is 274 g/mol. The number of hydrogen-bond donors (Lipinski definition) is 2. The van der Waals surface area contributed by atoms with Crippen LogP contribution in [0.1, 0.15) is 56.6 Å². The van der Waals surface area contributed by atoms with E-state index in [-0.39, 0.29) is 5.91 Å². The number of benzene rings is 1. The van der Waals surface area contributed by atoms with E-state index in [1.54, 1.807) is 0 Å². The first-order valence-electron chi connectivity index (χ1n) is 7.74. The summed E-state index contributed by atoms with van der Waals surface area (Å²) in [6.07, 6.45) is 4.20. The van der Waals surface area contributed by atoms with Gasteiger partial charge in [0.1, 0.15) is 0 Å². The lowest BCUT2D eigenvalue weighted by Gasteiger charge is -2.22. The quantitative estimate of drug-likeness (QED) is 0.866. The van der Waals surface area contributed by atoms with Gasteiger partial charge >= 0.3 is 0 Å². The topological polar surface area (TPSA) is 41.1 Å². The van der Waals surface area contributed by atoms with Crippen molar-refractivity contribution < 1.29 is 4.79 Å².